The summed E-state index contributed by atoms with van der Waals surface area (Å²) in [4.78, 5) is 9.12. The zero-order chi connectivity index (χ0) is 8.32. The van der Waals surface area contributed by atoms with Crippen LogP contribution < -0.4 is 5.30 Å². The van der Waals surface area contributed by atoms with Gasteiger partial charge >= 0.3 is 7.60 Å². The fourth-order valence-corrected chi connectivity index (χ4v) is 1.97. The van der Waals surface area contributed by atoms with Gasteiger partial charge in [-0.05, 0) is 12.1 Å². The van der Waals surface area contributed by atoms with Gasteiger partial charge < -0.3 is 4.89 Å². The predicted molar refractivity (Wildman–Crippen MR) is 51.0 cm³/mol. The van der Waals surface area contributed by atoms with Gasteiger partial charge in [0, 0.05) is 0 Å². The summed E-state index contributed by atoms with van der Waals surface area (Å²) in [6, 6.07) is 8.26. The average Bonchev–Trinajstić information content (AvgIpc) is 2.06. The van der Waals surface area contributed by atoms with Crippen LogP contribution in [0.1, 0.15) is 0 Å². The number of hydrogen-bond donors (Lipinski definition) is 1. The van der Waals surface area contributed by atoms with E-state index in [0.717, 1.165) is 0 Å². The van der Waals surface area contributed by atoms with Crippen molar-refractivity contribution in [3.8, 4) is 0 Å². The van der Waals surface area contributed by atoms with E-state index in [-0.39, 0.29) is 0 Å². The lowest BCUT2D eigenvalue weighted by Crippen LogP contribution is -2.01. The summed E-state index contributed by atoms with van der Waals surface area (Å²) in [5.74, 6) is 0. The third-order valence-corrected chi connectivity index (χ3v) is 3.92. The van der Waals surface area contributed by atoms with Crippen LogP contribution in [0.25, 0.3) is 0 Å². The maximum absolute atomic E-state index is 11.1. The first-order valence-corrected chi connectivity index (χ1v) is 5.31. The highest BCUT2D eigenvalue weighted by Gasteiger charge is 2.20. The Labute approximate surface area is 78.6 Å². The molecule has 0 amide bonds. The van der Waals surface area contributed by atoms with Gasteiger partial charge in [-0.3, -0.25) is 4.57 Å². The second-order valence-corrected chi connectivity index (χ2v) is 4.80. The predicted octanol–water partition coefficient (Wildman–Crippen LogP) is 1.86. The minimum atomic E-state index is -3.54. The lowest BCUT2D eigenvalue weighted by Gasteiger charge is -2.05. The van der Waals surface area contributed by atoms with E-state index in [4.69, 9.17) is 4.89 Å². The Morgan fingerprint density at radius 3 is 2.36 bits per heavy atom. The summed E-state index contributed by atoms with van der Waals surface area (Å²) >= 11 is 1.42. The Balaban J connectivity index is 3.03. The number of rotatable bonds is 2. The minimum Gasteiger partial charge on any atom is -0.320 e. The van der Waals surface area contributed by atoms with E-state index < -0.39 is 7.60 Å². The van der Waals surface area contributed by atoms with Crippen molar-refractivity contribution in [3.63, 3.8) is 0 Å². The van der Waals surface area contributed by atoms with Crippen LogP contribution in [-0.4, -0.2) is 4.89 Å². The Morgan fingerprint density at radius 1 is 1.36 bits per heavy atom. The molecule has 0 fully saturated rings. The van der Waals surface area contributed by atoms with E-state index in [1.54, 1.807) is 30.3 Å². The molecule has 0 aliphatic carbocycles. The van der Waals surface area contributed by atoms with E-state index >= 15 is 0 Å². The fourth-order valence-electron chi connectivity index (χ4n) is 0.656. The smallest absolute Gasteiger partial charge is 0.320 e. The lowest BCUT2D eigenvalue weighted by atomic mass is 10.4. The summed E-state index contributed by atoms with van der Waals surface area (Å²) in [6.45, 7) is 0. The van der Waals surface area contributed by atoms with Gasteiger partial charge in [-0.15, -0.1) is 0 Å². The van der Waals surface area contributed by atoms with Crippen molar-refractivity contribution in [1.82, 2.24) is 0 Å². The van der Waals surface area contributed by atoms with Crippen molar-refractivity contribution >= 4 is 35.9 Å². The van der Waals surface area contributed by atoms with E-state index in [9.17, 15) is 4.57 Å². The SMILES string of the molecule is O=P(O)(OI)c1ccccc1. The molecule has 11 heavy (non-hydrogen) atoms. The molecule has 1 rings (SSSR count). The highest BCUT2D eigenvalue weighted by Crippen LogP contribution is 2.42. The summed E-state index contributed by atoms with van der Waals surface area (Å²) in [6.07, 6.45) is 0. The summed E-state index contributed by atoms with van der Waals surface area (Å²) in [5, 5.41) is 0.314. The third kappa shape index (κ3) is 2.27. The van der Waals surface area contributed by atoms with Crippen molar-refractivity contribution in [2.45, 2.75) is 0 Å². The molecule has 0 bridgehead atoms. The van der Waals surface area contributed by atoms with Gasteiger partial charge in [-0.2, -0.15) is 0 Å². The molecule has 0 aromatic heterocycles. The maximum Gasteiger partial charge on any atom is 0.368 e. The minimum absolute atomic E-state index is 0.314. The van der Waals surface area contributed by atoms with Gasteiger partial charge in [0.1, 0.15) is 23.0 Å². The number of halogens is 1. The molecule has 60 valence electrons. The highest BCUT2D eigenvalue weighted by molar-refractivity contribution is 14.1. The first kappa shape index (κ1) is 9.19. The highest BCUT2D eigenvalue weighted by atomic mass is 127. The standard InChI is InChI=1S/C6H6IO3P/c7-10-11(8,9)6-4-2-1-3-5-6/h1-5H,(H,8,9). The first-order chi connectivity index (χ1) is 5.17. The molecule has 0 spiro atoms. The van der Waals surface area contributed by atoms with E-state index in [1.165, 1.54) is 23.0 Å². The Hall–Kier alpha value is 0.1000. The molecule has 0 saturated carbocycles. The van der Waals surface area contributed by atoms with Crippen LogP contribution in [0, 0.1) is 0 Å². The van der Waals surface area contributed by atoms with Crippen LogP contribution in [0.2, 0.25) is 0 Å². The second-order valence-electron chi connectivity index (χ2n) is 1.92. The van der Waals surface area contributed by atoms with Gasteiger partial charge in [0.15, 0.2) is 0 Å². The van der Waals surface area contributed by atoms with Crippen LogP contribution in [0.15, 0.2) is 30.3 Å². The molecule has 0 saturated heterocycles. The topological polar surface area (TPSA) is 46.5 Å². The molecule has 0 aliphatic heterocycles. The Bertz CT molecular complexity index is 274. The van der Waals surface area contributed by atoms with Crippen LogP contribution in [0.4, 0.5) is 0 Å². The molecule has 3 nitrogen and oxygen atoms in total. The molecular formula is C6H6IO3P. The number of hydrogen-bond acceptors (Lipinski definition) is 2. The molecular weight excluding hydrogens is 278 g/mol. The van der Waals surface area contributed by atoms with E-state index in [2.05, 4.69) is 2.85 Å². The maximum atomic E-state index is 11.1. The van der Waals surface area contributed by atoms with Crippen LogP contribution >= 0.6 is 30.6 Å². The largest absolute Gasteiger partial charge is 0.368 e. The average molecular weight is 284 g/mol. The molecule has 1 aromatic carbocycles. The van der Waals surface area contributed by atoms with Crippen molar-refractivity contribution in [2.24, 2.45) is 0 Å². The van der Waals surface area contributed by atoms with Crippen LogP contribution in [0.5, 0.6) is 0 Å². The van der Waals surface area contributed by atoms with Gasteiger partial charge in [-0.1, -0.05) is 18.2 Å². The molecule has 0 radical (unpaired) electrons. The van der Waals surface area contributed by atoms with Crippen molar-refractivity contribution in [1.29, 1.82) is 0 Å². The van der Waals surface area contributed by atoms with Crippen LogP contribution in [-0.2, 0) is 7.42 Å². The monoisotopic (exact) mass is 284 g/mol. The zero-order valence-electron chi connectivity index (χ0n) is 5.48. The molecule has 0 aliphatic rings. The third-order valence-electron chi connectivity index (χ3n) is 1.18. The summed E-state index contributed by atoms with van der Waals surface area (Å²) in [5.41, 5.74) is 0. The van der Waals surface area contributed by atoms with Gasteiger partial charge in [0.2, 0.25) is 0 Å². The Kier molecular flexibility index (Phi) is 3.06. The van der Waals surface area contributed by atoms with Crippen molar-refractivity contribution in [3.05, 3.63) is 30.3 Å². The van der Waals surface area contributed by atoms with Gasteiger partial charge in [0.25, 0.3) is 0 Å². The zero-order valence-corrected chi connectivity index (χ0v) is 8.53. The van der Waals surface area contributed by atoms with Crippen molar-refractivity contribution in [2.75, 3.05) is 0 Å². The first-order valence-electron chi connectivity index (χ1n) is 2.85. The Morgan fingerprint density at radius 2 is 1.91 bits per heavy atom. The summed E-state index contributed by atoms with van der Waals surface area (Å²) in [7, 11) is -3.54. The van der Waals surface area contributed by atoms with E-state index in [1.807, 2.05) is 0 Å². The van der Waals surface area contributed by atoms with Gasteiger partial charge in [0.05, 0.1) is 5.30 Å². The molecule has 1 N–H and O–H groups in total. The molecule has 1 aromatic rings. The van der Waals surface area contributed by atoms with Gasteiger partial charge in [-0.25, -0.2) is 2.85 Å². The fraction of sp³-hybridized carbons (Fsp3) is 0. The van der Waals surface area contributed by atoms with Crippen LogP contribution in [0.3, 0.4) is 0 Å². The normalized spacial score (nSPS) is 15.8. The molecule has 5 heteroatoms. The molecule has 1 atom stereocenters. The second kappa shape index (κ2) is 3.67. The summed E-state index contributed by atoms with van der Waals surface area (Å²) < 4.78 is 15.5. The lowest BCUT2D eigenvalue weighted by molar-refractivity contribution is 0.430. The van der Waals surface area contributed by atoms with E-state index in [0.29, 0.717) is 5.30 Å². The number of benzene rings is 1. The molecule has 0 heterocycles. The molecule has 1 unspecified atom stereocenters. The quantitative estimate of drug-likeness (QED) is 0.666. The van der Waals surface area contributed by atoms with Crippen molar-refractivity contribution < 1.29 is 12.3 Å².